The van der Waals surface area contributed by atoms with Crippen molar-refractivity contribution in [2.24, 2.45) is 0 Å². The van der Waals surface area contributed by atoms with Crippen molar-refractivity contribution < 1.29 is 19.2 Å². The fraction of sp³-hybridized carbons (Fsp3) is 0.467. The first kappa shape index (κ1) is 111. The van der Waals surface area contributed by atoms with Gasteiger partial charge in [0.2, 0.25) is 0 Å². The van der Waals surface area contributed by atoms with Crippen molar-refractivity contribution in [1.82, 2.24) is 19.6 Å². The first-order valence-electron chi connectivity index (χ1n) is 54.1. The molecule has 0 bridgehead atoms. The van der Waals surface area contributed by atoms with Crippen molar-refractivity contribution in [2.75, 3.05) is 26.2 Å². The smallest absolute Gasteiger partial charge is 0.266 e. The Morgan fingerprint density at radius 1 is 0.222 bits per heavy atom. The lowest BCUT2D eigenvalue weighted by molar-refractivity contribution is -0.122. The van der Waals surface area contributed by atoms with Crippen LogP contribution in [-0.2, 0) is 70.5 Å². The second kappa shape index (κ2) is 53.4. The van der Waals surface area contributed by atoms with E-state index in [1.165, 1.54) is 256 Å². The number of carbonyl (C=O) groups is 4. The largest absolute Gasteiger partial charge is 0.293 e. The maximum atomic E-state index is 14.2. The normalized spacial score (nSPS) is 15.6. The number of carbonyl (C=O) groups excluding carboxylic acids is 4. The summed E-state index contributed by atoms with van der Waals surface area (Å²) in [4.78, 5) is 87.0. The molecule has 4 aliphatic rings. The van der Waals surface area contributed by atoms with E-state index in [0.29, 0.717) is 63.1 Å². The van der Waals surface area contributed by atoms with Gasteiger partial charge in [-0.1, -0.05) is 330 Å². The number of unbranched alkanes of at least 4 members (excludes halogenated alkanes) is 24. The maximum absolute atomic E-state index is 14.2. The van der Waals surface area contributed by atoms with Crippen molar-refractivity contribution in [3.05, 3.63) is 169 Å². The van der Waals surface area contributed by atoms with Gasteiger partial charge in [0.1, 0.15) is 17.3 Å². The molecule has 4 fully saturated rings. The van der Waals surface area contributed by atoms with Gasteiger partial charge in [-0.05, 0) is 292 Å². The maximum Gasteiger partial charge on any atom is 0.266 e. The van der Waals surface area contributed by atoms with Crippen LogP contribution in [0.25, 0.3) is 137 Å². The molecule has 4 aliphatic heterocycles. The van der Waals surface area contributed by atoms with Crippen molar-refractivity contribution in [3.8, 4) is 80.8 Å². The zero-order chi connectivity index (χ0) is 101. The summed E-state index contributed by atoms with van der Waals surface area (Å²) in [5.74, 6) is -0.00799. The highest BCUT2D eigenvalue weighted by Gasteiger charge is 2.38. The number of thioether (sulfide) groups is 4. The van der Waals surface area contributed by atoms with Crippen molar-refractivity contribution in [2.45, 2.75) is 340 Å². The molecule has 4 amide bonds. The predicted molar refractivity (Wildman–Crippen MR) is 662 cm³/mol. The molecular weight excluding hydrogens is 2070 g/mol. The minimum atomic E-state index is -0.00200. The zero-order valence-electron chi connectivity index (χ0n) is 86.5. The molecule has 0 spiro atoms. The molecule has 762 valence electrons. The Kier molecular flexibility index (Phi) is 41.1. The van der Waals surface area contributed by atoms with Gasteiger partial charge in [-0.2, -0.15) is 0 Å². The van der Waals surface area contributed by atoms with Crippen LogP contribution in [0.15, 0.2) is 105 Å². The number of hydrogen-bond donors (Lipinski definition) is 0. The predicted octanol–water partition coefficient (Wildman–Crippen LogP) is 40.3. The third kappa shape index (κ3) is 25.5. The van der Waals surface area contributed by atoms with Gasteiger partial charge in [-0.25, -0.2) is 0 Å². The quantitative estimate of drug-likeness (QED) is 0.0158. The first-order valence-corrected chi connectivity index (χ1v) is 65.5. The monoisotopic (exact) mass is 2210 g/mol. The summed E-state index contributed by atoms with van der Waals surface area (Å²) in [5, 5.41) is 7.60. The van der Waals surface area contributed by atoms with Crippen molar-refractivity contribution in [1.29, 1.82) is 0 Å². The van der Waals surface area contributed by atoms with Crippen LogP contribution in [0.2, 0.25) is 0 Å². The van der Waals surface area contributed by atoms with E-state index >= 15 is 0 Å². The molecule has 0 atom stereocenters. The first-order chi connectivity index (χ1) is 70.2. The lowest BCUT2D eigenvalue weighted by Gasteiger charge is -2.20. The Morgan fingerprint density at radius 3 is 0.562 bits per heavy atom. The molecule has 0 saturated carbocycles. The molecule has 4 aromatic carbocycles. The number of hydrogen-bond acceptors (Lipinski definition) is 20. The molecule has 12 aromatic rings. The van der Waals surface area contributed by atoms with Crippen LogP contribution in [0.4, 0.5) is 0 Å². The zero-order valence-corrected chi connectivity index (χ0v) is 99.5. The molecule has 0 radical (unpaired) electrons. The van der Waals surface area contributed by atoms with Gasteiger partial charge in [0.05, 0.1) is 19.6 Å². The Balaban J connectivity index is 1.01. The van der Waals surface area contributed by atoms with E-state index in [2.05, 4.69) is 165 Å². The number of aryl methyl sites for hydroxylation is 8. The van der Waals surface area contributed by atoms with Gasteiger partial charge in [0.15, 0.2) is 0 Å². The highest BCUT2D eigenvalue weighted by Crippen LogP contribution is 2.58. The Hall–Kier alpha value is -5.88. The summed E-state index contributed by atoms with van der Waals surface area (Å²) < 4.78 is 2.50. The number of thiophene rings is 8. The topological polar surface area (TPSA) is 81.2 Å². The summed E-state index contributed by atoms with van der Waals surface area (Å²) in [5.41, 5.74) is 16.1. The standard InChI is InChI=1S/C120H142N4O4S16/c1-13-25-33-41-49-75-61-83(69-99-113(125)121(21-9)117(129)141-99)133-105(75)109-79(53-45-37-29-17-5)65-95(137-109)91-73-92(96-66-80(54-46-38-30-18-6)110(138-96)106-76(50-42-34-26-14-2)62-84(134-106)70-100-114(126)122(22-10)118(130)142-100)88-59-60-90-94(98-68-82(56-48-40-32-20-8)112(140-98)108-78(52-44-36-28-16-4)64-86(136-108)72-102-116(128)124(24-12)120(132)144-102)74-93(89-58-57-87(91)103(88)104(89)90)97-67-81(55-47-39-31-19-7)111(139-97)107-77(51-43-35-27-15-3)63-85(135-107)71-101-115(127)123(23-11)119(131)143-101/h57-74H,13-56H2,1-12H3/b99-69-,100-70+,101-71+,102-72+. The van der Waals surface area contributed by atoms with Crippen molar-refractivity contribution in [3.63, 3.8) is 0 Å². The molecule has 8 nitrogen and oxygen atoms in total. The molecule has 0 unspecified atom stereocenters. The average Bonchev–Trinajstić information content (AvgIpc) is 1.27. The van der Waals surface area contributed by atoms with Crippen molar-refractivity contribution >= 4 is 284 Å². The minimum Gasteiger partial charge on any atom is -0.293 e. The van der Waals surface area contributed by atoms with Gasteiger partial charge in [-0.3, -0.25) is 38.8 Å². The van der Waals surface area contributed by atoms with Crippen LogP contribution in [0.5, 0.6) is 0 Å². The van der Waals surface area contributed by atoms with Crippen LogP contribution < -0.4 is 0 Å². The van der Waals surface area contributed by atoms with E-state index < -0.39 is 0 Å². The highest BCUT2D eigenvalue weighted by molar-refractivity contribution is 8.28. The molecule has 0 aliphatic carbocycles. The summed E-state index contributed by atoms with van der Waals surface area (Å²) in [6.45, 7) is 28.8. The van der Waals surface area contributed by atoms with Gasteiger partial charge in [0, 0.05) is 126 Å². The highest BCUT2D eigenvalue weighted by atomic mass is 32.2. The van der Waals surface area contributed by atoms with Crippen LogP contribution in [0.3, 0.4) is 0 Å². The van der Waals surface area contributed by atoms with E-state index in [9.17, 15) is 19.2 Å². The summed E-state index contributed by atoms with van der Waals surface area (Å²) in [6, 6.07) is 35.7. The number of nitrogens with zero attached hydrogens (tertiary/aromatic N) is 4. The van der Waals surface area contributed by atoms with Gasteiger partial charge >= 0.3 is 0 Å². The Labute approximate surface area is 928 Å². The second-order valence-corrected chi connectivity index (χ2v) is 54.3. The third-order valence-electron chi connectivity index (χ3n) is 28.6. The van der Waals surface area contributed by atoms with E-state index in [0.717, 1.165) is 225 Å². The summed E-state index contributed by atoms with van der Waals surface area (Å²) in [6.07, 6.45) is 53.0. The lowest BCUT2D eigenvalue weighted by Crippen LogP contribution is -2.27. The SMILES string of the molecule is CCCCCCc1cc(/C=C2\SC(=S)N(CC)C2=O)sc1-c1sc(-c2cc(-c3cc(CCCCCC)c(-c4sc(/C=C5/SC(=S)N(CC)C5=O)cc4CCCCCC)s3)c3ccc4c(-c5cc(CCCCCC)c(-c6sc(/C=C7/SC(=S)N(CC)C7=O)cc6CCCCCC)s5)cc(-c5cc(CCCCCC)c(-c6sc(/C=C7/SC(=S)N(CC)C7=O)cc6CCCCCC)s5)c5ccc2c3c54)cc1CCCCCC. The van der Waals surface area contributed by atoms with E-state index in [1.807, 2.05) is 118 Å². The van der Waals surface area contributed by atoms with E-state index in [-0.39, 0.29) is 23.6 Å². The van der Waals surface area contributed by atoms with E-state index in [4.69, 9.17) is 48.9 Å². The Morgan fingerprint density at radius 2 is 0.396 bits per heavy atom. The van der Waals surface area contributed by atoms with E-state index in [1.54, 1.807) is 19.6 Å². The minimum absolute atomic E-state index is 0.00200. The van der Waals surface area contributed by atoms with Gasteiger partial charge < -0.3 is 0 Å². The lowest BCUT2D eigenvalue weighted by atomic mass is 9.84. The van der Waals surface area contributed by atoms with Crippen LogP contribution >= 0.6 is 187 Å². The summed E-state index contributed by atoms with van der Waals surface area (Å²) >= 11 is 44.7. The number of rotatable bonds is 56. The molecule has 144 heavy (non-hydrogen) atoms. The fourth-order valence-electron chi connectivity index (χ4n) is 20.7. The molecular formula is C120H142N4O4S16. The molecule has 16 rings (SSSR count). The summed E-state index contributed by atoms with van der Waals surface area (Å²) in [7, 11) is 0. The van der Waals surface area contributed by atoms with Crippen LogP contribution in [-0.4, -0.2) is 86.7 Å². The molecule has 0 N–H and O–H groups in total. The molecule has 8 aromatic heterocycles. The average molecular weight is 2220 g/mol. The van der Waals surface area contributed by atoms with Gasteiger partial charge in [0.25, 0.3) is 23.6 Å². The third-order valence-corrected chi connectivity index (χ3v) is 44.1. The van der Waals surface area contributed by atoms with Crippen LogP contribution in [0, 0.1) is 0 Å². The fourth-order valence-corrected chi connectivity index (χ4v) is 36.9. The number of benzene rings is 4. The molecule has 4 saturated heterocycles. The number of amides is 4. The molecule has 12 heterocycles. The number of thiocarbonyl (C=S) groups is 4. The second-order valence-electron chi connectivity index (χ2n) is 39.1. The van der Waals surface area contributed by atoms with Crippen LogP contribution in [0.1, 0.15) is 353 Å². The Bertz CT molecular complexity index is 5980. The number of likely N-dealkylation sites (N-methyl/N-ethyl adjacent to an activating group) is 4. The molecule has 24 heteroatoms. The van der Waals surface area contributed by atoms with Gasteiger partial charge in [-0.15, -0.1) is 90.7 Å².